The lowest BCUT2D eigenvalue weighted by atomic mass is 10.1. The van der Waals surface area contributed by atoms with Gasteiger partial charge < -0.3 is 9.90 Å². The fourth-order valence-corrected chi connectivity index (χ4v) is 2.72. The largest absolute Gasteiger partial charge is 0.546 e. The molecule has 0 spiro atoms. The average molecular weight is 280 g/mol. The number of carboxylic acids is 1. The fraction of sp³-hybridized carbons (Fsp3) is 0.750. The van der Waals surface area contributed by atoms with Crippen molar-refractivity contribution in [2.75, 3.05) is 0 Å². The van der Waals surface area contributed by atoms with Gasteiger partial charge in [-0.1, -0.05) is 32.6 Å². The summed E-state index contributed by atoms with van der Waals surface area (Å²) in [6.45, 7) is 8.91. The second-order valence-corrected chi connectivity index (χ2v) is 5.50. The van der Waals surface area contributed by atoms with Crippen molar-refractivity contribution in [3.05, 3.63) is 17.7 Å². The minimum atomic E-state index is -1.02. The summed E-state index contributed by atoms with van der Waals surface area (Å²) < 4.78 is 4.08. The number of aliphatic carboxylic acids is 1. The van der Waals surface area contributed by atoms with Crippen molar-refractivity contribution >= 4 is 5.97 Å². The van der Waals surface area contributed by atoms with E-state index in [1.165, 1.54) is 25.7 Å². The third-order valence-corrected chi connectivity index (χ3v) is 3.94. The zero-order chi connectivity index (χ0) is 15.1. The smallest absolute Gasteiger partial charge is 0.257 e. The zero-order valence-electron chi connectivity index (χ0n) is 13.3. The van der Waals surface area contributed by atoms with E-state index in [4.69, 9.17) is 0 Å². The van der Waals surface area contributed by atoms with Gasteiger partial charge in [0.2, 0.25) is 0 Å². The molecule has 0 aliphatic carbocycles. The van der Waals surface area contributed by atoms with Gasteiger partial charge in [0.25, 0.3) is 5.82 Å². The Morgan fingerprint density at radius 2 is 1.95 bits per heavy atom. The first-order valence-electron chi connectivity index (χ1n) is 7.83. The Bertz CT molecular complexity index is 438. The van der Waals surface area contributed by atoms with Crippen molar-refractivity contribution in [3.8, 4) is 0 Å². The average Bonchev–Trinajstić information content (AvgIpc) is 2.73. The van der Waals surface area contributed by atoms with Crippen molar-refractivity contribution in [2.45, 2.75) is 78.8 Å². The van der Waals surface area contributed by atoms with Gasteiger partial charge in [0.15, 0.2) is 0 Å². The number of unbranched alkanes of at least 4 members (excludes halogenated alkanes) is 4. The number of nitrogens with zero attached hydrogens (tertiary/aromatic N) is 2. The SMILES string of the molecule is CCCCCCCc1n(CC)c(C)c[n+]1C(C)C(=O)[O-]. The van der Waals surface area contributed by atoms with E-state index in [9.17, 15) is 9.90 Å². The highest BCUT2D eigenvalue weighted by atomic mass is 16.4. The number of hydrogen-bond donors (Lipinski definition) is 0. The van der Waals surface area contributed by atoms with Crippen LogP contribution in [0.1, 0.15) is 70.4 Å². The van der Waals surface area contributed by atoms with E-state index in [1.54, 1.807) is 6.92 Å². The highest BCUT2D eigenvalue weighted by Crippen LogP contribution is 2.11. The second-order valence-electron chi connectivity index (χ2n) is 5.50. The minimum absolute atomic E-state index is 0.604. The maximum Gasteiger partial charge on any atom is 0.257 e. The van der Waals surface area contributed by atoms with Crippen LogP contribution in [0.4, 0.5) is 0 Å². The summed E-state index contributed by atoms with van der Waals surface area (Å²) >= 11 is 0. The summed E-state index contributed by atoms with van der Waals surface area (Å²) in [4.78, 5) is 11.1. The summed E-state index contributed by atoms with van der Waals surface area (Å²) in [5.74, 6) is 0.0914. The highest BCUT2D eigenvalue weighted by Gasteiger charge is 2.23. The molecule has 1 aromatic rings. The van der Waals surface area contributed by atoms with Crippen LogP contribution in [0, 0.1) is 6.92 Å². The van der Waals surface area contributed by atoms with Gasteiger partial charge in [-0.05, 0) is 20.3 Å². The third-order valence-electron chi connectivity index (χ3n) is 3.94. The van der Waals surface area contributed by atoms with Crippen LogP contribution in [-0.2, 0) is 17.8 Å². The molecule has 1 atom stereocenters. The molecule has 1 heterocycles. The van der Waals surface area contributed by atoms with Crippen LogP contribution >= 0.6 is 0 Å². The van der Waals surface area contributed by atoms with Gasteiger partial charge in [-0.2, -0.15) is 0 Å². The Balaban J connectivity index is 2.82. The summed E-state index contributed by atoms with van der Waals surface area (Å²) in [6.07, 6.45) is 8.98. The van der Waals surface area contributed by atoms with Crippen LogP contribution in [0.5, 0.6) is 0 Å². The molecule has 0 saturated heterocycles. The van der Waals surface area contributed by atoms with Crippen molar-refractivity contribution in [3.63, 3.8) is 0 Å². The minimum Gasteiger partial charge on any atom is -0.546 e. The van der Waals surface area contributed by atoms with E-state index in [0.717, 1.165) is 30.9 Å². The van der Waals surface area contributed by atoms with Crippen LogP contribution in [0.25, 0.3) is 0 Å². The van der Waals surface area contributed by atoms with Crippen LogP contribution < -0.4 is 9.67 Å². The van der Waals surface area contributed by atoms with Gasteiger partial charge in [0.1, 0.15) is 17.9 Å². The molecule has 0 radical (unpaired) electrons. The first-order valence-corrected chi connectivity index (χ1v) is 7.83. The molecule has 0 saturated carbocycles. The van der Waals surface area contributed by atoms with Gasteiger partial charge >= 0.3 is 0 Å². The highest BCUT2D eigenvalue weighted by molar-refractivity contribution is 5.66. The molecule has 1 unspecified atom stereocenters. The summed E-state index contributed by atoms with van der Waals surface area (Å²) in [6, 6.07) is -0.604. The lowest BCUT2D eigenvalue weighted by molar-refractivity contribution is -0.719. The predicted octanol–water partition coefficient (Wildman–Crippen LogP) is 1.93. The van der Waals surface area contributed by atoms with Gasteiger partial charge in [0, 0.05) is 13.3 Å². The molecular formula is C16H28N2O2. The molecule has 4 heteroatoms. The molecule has 0 aromatic carbocycles. The number of hydrogen-bond acceptors (Lipinski definition) is 2. The molecule has 1 rings (SSSR count). The quantitative estimate of drug-likeness (QED) is 0.512. The Hall–Kier alpha value is -1.32. The van der Waals surface area contributed by atoms with Crippen molar-refractivity contribution in [1.82, 2.24) is 4.57 Å². The monoisotopic (exact) mass is 280 g/mol. The normalized spacial score (nSPS) is 12.6. The molecular weight excluding hydrogens is 252 g/mol. The fourth-order valence-electron chi connectivity index (χ4n) is 2.72. The summed E-state index contributed by atoms with van der Waals surface area (Å²) in [7, 11) is 0. The number of aromatic nitrogens is 2. The second kappa shape index (κ2) is 8.08. The molecule has 4 nitrogen and oxygen atoms in total. The molecule has 0 amide bonds. The number of carboxylic acid groups (broad SMARTS) is 1. The number of imidazole rings is 1. The van der Waals surface area contributed by atoms with E-state index in [0.29, 0.717) is 0 Å². The van der Waals surface area contributed by atoms with Crippen molar-refractivity contribution < 1.29 is 14.5 Å². The molecule has 0 N–H and O–H groups in total. The molecule has 0 bridgehead atoms. The maximum atomic E-state index is 11.1. The first kappa shape index (κ1) is 16.7. The Labute approximate surface area is 122 Å². The number of carbonyl (C=O) groups excluding carboxylic acids is 1. The molecule has 0 fully saturated rings. The molecule has 114 valence electrons. The molecule has 0 aliphatic rings. The lowest BCUT2D eigenvalue weighted by Gasteiger charge is -2.12. The van der Waals surface area contributed by atoms with Crippen molar-refractivity contribution in [1.29, 1.82) is 0 Å². The van der Waals surface area contributed by atoms with Crippen molar-refractivity contribution in [2.24, 2.45) is 0 Å². The van der Waals surface area contributed by atoms with Crippen LogP contribution in [-0.4, -0.2) is 10.5 Å². The van der Waals surface area contributed by atoms with Gasteiger partial charge in [-0.25, -0.2) is 9.13 Å². The molecule has 20 heavy (non-hydrogen) atoms. The number of aryl methyl sites for hydroxylation is 1. The summed E-state index contributed by atoms with van der Waals surface area (Å²) in [5.41, 5.74) is 1.11. The number of rotatable bonds is 9. The topological polar surface area (TPSA) is 48.9 Å². The third kappa shape index (κ3) is 4.09. The van der Waals surface area contributed by atoms with Gasteiger partial charge in [0.05, 0.1) is 12.5 Å². The van der Waals surface area contributed by atoms with E-state index in [2.05, 4.69) is 18.4 Å². The van der Waals surface area contributed by atoms with Crippen LogP contribution in [0.3, 0.4) is 0 Å². The Morgan fingerprint density at radius 3 is 2.50 bits per heavy atom. The number of carbonyl (C=O) groups is 1. The lowest BCUT2D eigenvalue weighted by Crippen LogP contribution is -2.49. The van der Waals surface area contributed by atoms with Crippen LogP contribution in [0.2, 0.25) is 0 Å². The summed E-state index contributed by atoms with van der Waals surface area (Å²) in [5, 5.41) is 11.1. The van der Waals surface area contributed by atoms with Gasteiger partial charge in [-0.15, -0.1) is 0 Å². The predicted molar refractivity (Wildman–Crippen MR) is 77.2 cm³/mol. The molecule has 0 aliphatic heterocycles. The van der Waals surface area contributed by atoms with E-state index in [1.807, 2.05) is 17.7 Å². The maximum absolute atomic E-state index is 11.1. The standard InChI is InChI=1S/C16H28N2O2/c1-5-7-8-9-10-11-15-17(6-2)13(3)12-18(15)14(4)16(19)20/h12,14H,5-11H2,1-4H3. The first-order chi connectivity index (χ1) is 9.52. The zero-order valence-corrected chi connectivity index (χ0v) is 13.3. The Morgan fingerprint density at radius 1 is 1.30 bits per heavy atom. The van der Waals surface area contributed by atoms with E-state index < -0.39 is 12.0 Å². The molecule has 1 aromatic heterocycles. The van der Waals surface area contributed by atoms with E-state index >= 15 is 0 Å². The Kier molecular flexibility index (Phi) is 6.76. The van der Waals surface area contributed by atoms with E-state index in [-0.39, 0.29) is 0 Å². The van der Waals surface area contributed by atoms with Gasteiger partial charge in [-0.3, -0.25) is 0 Å². The van der Waals surface area contributed by atoms with Crippen LogP contribution in [0.15, 0.2) is 6.20 Å².